The van der Waals surface area contributed by atoms with E-state index in [1.165, 1.54) is 11.3 Å². The Hall–Kier alpha value is -1.40. The zero-order chi connectivity index (χ0) is 13.8. The summed E-state index contributed by atoms with van der Waals surface area (Å²) in [5.41, 5.74) is 2.92. The maximum atomic E-state index is 10.5. The van der Waals surface area contributed by atoms with Crippen LogP contribution in [0, 0.1) is 6.92 Å². The van der Waals surface area contributed by atoms with Crippen LogP contribution in [-0.2, 0) is 11.2 Å². The summed E-state index contributed by atoms with van der Waals surface area (Å²) in [4.78, 5) is 14.9. The van der Waals surface area contributed by atoms with Crippen molar-refractivity contribution in [2.75, 3.05) is 5.32 Å². The molecule has 0 aliphatic rings. The number of nitrogens with zero attached hydrogens (tertiary/aromatic N) is 1. The van der Waals surface area contributed by atoms with Crippen LogP contribution in [0.1, 0.15) is 17.7 Å². The Balaban J connectivity index is 2.07. The third-order valence-electron chi connectivity index (χ3n) is 2.66. The molecule has 0 saturated heterocycles. The Morgan fingerprint density at radius 2 is 2.32 bits per heavy atom. The number of halogens is 1. The van der Waals surface area contributed by atoms with Crippen molar-refractivity contribution >= 4 is 44.1 Å². The summed E-state index contributed by atoms with van der Waals surface area (Å²) in [6, 6.07) is 5.93. The molecular weight excluding hydrogens is 328 g/mol. The summed E-state index contributed by atoms with van der Waals surface area (Å²) >= 11 is 4.96. The second kappa shape index (κ2) is 6.16. The molecule has 1 heterocycles. The van der Waals surface area contributed by atoms with Gasteiger partial charge in [0.1, 0.15) is 0 Å². The van der Waals surface area contributed by atoms with Crippen molar-refractivity contribution < 1.29 is 9.90 Å². The van der Waals surface area contributed by atoms with Crippen molar-refractivity contribution in [3.63, 3.8) is 0 Å². The summed E-state index contributed by atoms with van der Waals surface area (Å²) in [7, 11) is 0. The SMILES string of the molecule is Cc1c(Br)cccc1Nc1nc(CCC(=O)O)cs1. The van der Waals surface area contributed by atoms with Gasteiger partial charge in [-0.2, -0.15) is 0 Å². The number of aryl methyl sites for hydroxylation is 1. The Kier molecular flexibility index (Phi) is 4.55. The van der Waals surface area contributed by atoms with Gasteiger partial charge in [0.15, 0.2) is 5.13 Å². The molecule has 0 amide bonds. The number of anilines is 2. The lowest BCUT2D eigenvalue weighted by molar-refractivity contribution is -0.136. The summed E-state index contributed by atoms with van der Waals surface area (Å²) in [6.07, 6.45) is 0.573. The third kappa shape index (κ3) is 3.78. The monoisotopic (exact) mass is 340 g/mol. The van der Waals surface area contributed by atoms with E-state index < -0.39 is 5.97 Å². The zero-order valence-corrected chi connectivity index (χ0v) is 12.7. The van der Waals surface area contributed by atoms with E-state index in [-0.39, 0.29) is 6.42 Å². The molecule has 0 radical (unpaired) electrons. The summed E-state index contributed by atoms with van der Waals surface area (Å²) in [5, 5.41) is 14.6. The minimum atomic E-state index is -0.801. The molecule has 19 heavy (non-hydrogen) atoms. The topological polar surface area (TPSA) is 62.2 Å². The highest BCUT2D eigenvalue weighted by atomic mass is 79.9. The lowest BCUT2D eigenvalue weighted by Crippen LogP contribution is -1.98. The number of hydrogen-bond donors (Lipinski definition) is 2. The lowest BCUT2D eigenvalue weighted by atomic mass is 10.2. The second-order valence-electron chi connectivity index (χ2n) is 4.08. The number of hydrogen-bond acceptors (Lipinski definition) is 4. The lowest BCUT2D eigenvalue weighted by Gasteiger charge is -2.07. The number of thiazole rings is 1. The number of carboxylic acids is 1. The first-order valence-corrected chi connectivity index (χ1v) is 7.42. The second-order valence-corrected chi connectivity index (χ2v) is 5.79. The molecule has 2 rings (SSSR count). The molecule has 1 aromatic heterocycles. The Morgan fingerprint density at radius 1 is 1.53 bits per heavy atom. The van der Waals surface area contributed by atoms with E-state index in [2.05, 4.69) is 26.2 Å². The molecule has 2 N–H and O–H groups in total. The van der Waals surface area contributed by atoms with E-state index in [1.54, 1.807) is 0 Å². The van der Waals surface area contributed by atoms with E-state index in [0.29, 0.717) is 6.42 Å². The van der Waals surface area contributed by atoms with Crippen molar-refractivity contribution in [1.29, 1.82) is 0 Å². The van der Waals surface area contributed by atoms with Crippen molar-refractivity contribution in [2.24, 2.45) is 0 Å². The molecule has 1 aromatic carbocycles. The number of aliphatic carboxylic acids is 1. The molecule has 0 unspecified atom stereocenters. The average molecular weight is 341 g/mol. The van der Waals surface area contributed by atoms with Gasteiger partial charge in [-0.3, -0.25) is 4.79 Å². The molecular formula is C13H13BrN2O2S. The summed E-state index contributed by atoms with van der Waals surface area (Å²) < 4.78 is 1.04. The normalized spacial score (nSPS) is 10.4. The van der Waals surface area contributed by atoms with Gasteiger partial charge < -0.3 is 10.4 Å². The van der Waals surface area contributed by atoms with E-state index >= 15 is 0 Å². The molecule has 0 fully saturated rings. The van der Waals surface area contributed by atoms with Crippen LogP contribution >= 0.6 is 27.3 Å². The molecule has 4 nitrogen and oxygen atoms in total. The number of nitrogens with one attached hydrogen (secondary N) is 1. The highest BCUT2D eigenvalue weighted by molar-refractivity contribution is 9.10. The standard InChI is InChI=1S/C13H13BrN2O2S/c1-8-10(14)3-2-4-11(8)16-13-15-9(7-19-13)5-6-12(17)18/h2-4,7H,5-6H2,1H3,(H,15,16)(H,17,18). The van der Waals surface area contributed by atoms with Crippen LogP contribution in [0.3, 0.4) is 0 Å². The molecule has 6 heteroatoms. The fourth-order valence-corrected chi connectivity index (χ4v) is 2.70. The average Bonchev–Trinajstić information content (AvgIpc) is 2.80. The fraction of sp³-hybridized carbons (Fsp3) is 0.231. The van der Waals surface area contributed by atoms with Crippen LogP contribution in [0.2, 0.25) is 0 Å². The smallest absolute Gasteiger partial charge is 0.303 e. The van der Waals surface area contributed by atoms with E-state index in [9.17, 15) is 4.79 Å². The first kappa shape index (κ1) is 14.0. The van der Waals surface area contributed by atoms with Crippen molar-refractivity contribution in [3.8, 4) is 0 Å². The number of aromatic nitrogens is 1. The fourth-order valence-electron chi connectivity index (χ4n) is 1.57. The Bertz CT molecular complexity index is 598. The number of carbonyl (C=O) groups is 1. The summed E-state index contributed by atoms with van der Waals surface area (Å²) in [6.45, 7) is 2.02. The molecule has 0 aliphatic carbocycles. The minimum absolute atomic E-state index is 0.110. The van der Waals surface area contributed by atoms with Gasteiger partial charge in [0, 0.05) is 22.0 Å². The molecule has 0 atom stereocenters. The molecule has 0 bridgehead atoms. The Morgan fingerprint density at radius 3 is 3.05 bits per heavy atom. The van der Waals surface area contributed by atoms with Crippen LogP contribution in [0.25, 0.3) is 0 Å². The number of benzene rings is 1. The summed E-state index contributed by atoms with van der Waals surface area (Å²) in [5.74, 6) is -0.801. The maximum Gasteiger partial charge on any atom is 0.303 e. The molecule has 0 aliphatic heterocycles. The third-order valence-corrected chi connectivity index (χ3v) is 4.32. The van der Waals surface area contributed by atoms with Crippen molar-refractivity contribution in [1.82, 2.24) is 4.98 Å². The number of carboxylic acid groups (broad SMARTS) is 1. The van der Waals surface area contributed by atoms with Gasteiger partial charge in [0.05, 0.1) is 12.1 Å². The first-order valence-electron chi connectivity index (χ1n) is 5.74. The molecule has 100 valence electrons. The van der Waals surface area contributed by atoms with Crippen LogP contribution < -0.4 is 5.32 Å². The molecule has 2 aromatic rings. The largest absolute Gasteiger partial charge is 0.481 e. The minimum Gasteiger partial charge on any atom is -0.481 e. The zero-order valence-electron chi connectivity index (χ0n) is 10.3. The van der Waals surface area contributed by atoms with Crippen molar-refractivity contribution in [3.05, 3.63) is 39.3 Å². The predicted octanol–water partition coefficient (Wildman–Crippen LogP) is 3.97. The van der Waals surface area contributed by atoms with Crippen LogP contribution in [0.4, 0.5) is 10.8 Å². The highest BCUT2D eigenvalue weighted by Crippen LogP contribution is 2.28. The molecule has 0 spiro atoms. The maximum absolute atomic E-state index is 10.5. The highest BCUT2D eigenvalue weighted by Gasteiger charge is 2.07. The van der Waals surface area contributed by atoms with E-state index in [0.717, 1.165) is 26.5 Å². The number of rotatable bonds is 5. The van der Waals surface area contributed by atoms with Gasteiger partial charge in [-0.25, -0.2) is 4.98 Å². The van der Waals surface area contributed by atoms with Gasteiger partial charge in [-0.05, 0) is 24.6 Å². The molecule has 0 saturated carbocycles. The first-order chi connectivity index (χ1) is 9.06. The van der Waals surface area contributed by atoms with Crippen LogP contribution in [0.15, 0.2) is 28.1 Å². The Labute approximate surface area is 123 Å². The van der Waals surface area contributed by atoms with Gasteiger partial charge in [0.2, 0.25) is 0 Å². The predicted molar refractivity (Wildman–Crippen MR) is 80.2 cm³/mol. The van der Waals surface area contributed by atoms with Crippen LogP contribution in [0.5, 0.6) is 0 Å². The van der Waals surface area contributed by atoms with E-state index in [4.69, 9.17) is 5.11 Å². The van der Waals surface area contributed by atoms with Crippen molar-refractivity contribution in [2.45, 2.75) is 19.8 Å². The van der Waals surface area contributed by atoms with Gasteiger partial charge in [-0.1, -0.05) is 22.0 Å². The quantitative estimate of drug-likeness (QED) is 0.864. The van der Waals surface area contributed by atoms with Gasteiger partial charge >= 0.3 is 5.97 Å². The van der Waals surface area contributed by atoms with Crippen LogP contribution in [-0.4, -0.2) is 16.1 Å². The van der Waals surface area contributed by atoms with E-state index in [1.807, 2.05) is 30.5 Å². The van der Waals surface area contributed by atoms with Gasteiger partial charge in [-0.15, -0.1) is 11.3 Å². The van der Waals surface area contributed by atoms with Gasteiger partial charge in [0.25, 0.3) is 0 Å².